The van der Waals surface area contributed by atoms with Gasteiger partial charge in [-0.1, -0.05) is 12.5 Å². The summed E-state index contributed by atoms with van der Waals surface area (Å²) in [5.74, 6) is 0. The fraction of sp³-hybridized carbons (Fsp3) is 0.550. The van der Waals surface area contributed by atoms with Crippen LogP contribution in [0, 0.1) is 6.92 Å². The molecule has 4 heterocycles. The van der Waals surface area contributed by atoms with E-state index in [0.29, 0.717) is 19.6 Å². The van der Waals surface area contributed by atoms with E-state index in [1.165, 1.54) is 24.8 Å². The van der Waals surface area contributed by atoms with Crippen LogP contribution in [0.2, 0.25) is 0 Å². The summed E-state index contributed by atoms with van der Waals surface area (Å²) in [7, 11) is 0. The summed E-state index contributed by atoms with van der Waals surface area (Å²) in [6.07, 6.45) is 7.46. The zero-order chi connectivity index (χ0) is 18.6. The van der Waals surface area contributed by atoms with Gasteiger partial charge in [0.1, 0.15) is 0 Å². The molecule has 144 valence electrons. The smallest absolute Gasteiger partial charge is 0.317 e. The van der Waals surface area contributed by atoms with Gasteiger partial charge in [-0.2, -0.15) is 5.10 Å². The van der Waals surface area contributed by atoms with Crippen LogP contribution < -0.4 is 5.32 Å². The van der Waals surface area contributed by atoms with Gasteiger partial charge in [-0.25, -0.2) is 4.79 Å². The Kier molecular flexibility index (Phi) is 5.38. The van der Waals surface area contributed by atoms with Crippen molar-refractivity contribution in [1.82, 2.24) is 29.9 Å². The van der Waals surface area contributed by atoms with Gasteiger partial charge in [-0.3, -0.25) is 14.6 Å². The number of carbonyl (C=O) groups excluding carboxylic acids is 1. The van der Waals surface area contributed by atoms with Crippen LogP contribution in [0.25, 0.3) is 0 Å². The Labute approximate surface area is 160 Å². The van der Waals surface area contributed by atoms with Gasteiger partial charge in [0.2, 0.25) is 0 Å². The lowest BCUT2D eigenvalue weighted by atomic mass is 10.0. The van der Waals surface area contributed by atoms with Crippen LogP contribution in [0.15, 0.2) is 30.6 Å². The number of fused-ring (bicyclic) bond motifs is 1. The number of nitrogens with one attached hydrogen (secondary N) is 1. The maximum absolute atomic E-state index is 12.8. The second-order valence-electron chi connectivity index (χ2n) is 7.51. The molecule has 0 unspecified atom stereocenters. The van der Waals surface area contributed by atoms with E-state index < -0.39 is 0 Å². The number of aryl methyl sites for hydroxylation is 1. The molecule has 0 bridgehead atoms. The Morgan fingerprint density at radius 2 is 2.07 bits per heavy atom. The minimum Gasteiger partial charge on any atom is -0.336 e. The molecule has 1 fully saturated rings. The first-order valence-corrected chi connectivity index (χ1v) is 9.91. The van der Waals surface area contributed by atoms with E-state index in [1.807, 2.05) is 28.8 Å². The summed E-state index contributed by atoms with van der Waals surface area (Å²) < 4.78 is 2.01. The van der Waals surface area contributed by atoms with Crippen molar-refractivity contribution in [2.45, 2.75) is 45.3 Å². The van der Waals surface area contributed by atoms with Gasteiger partial charge >= 0.3 is 6.03 Å². The third kappa shape index (κ3) is 4.13. The third-order valence-electron chi connectivity index (χ3n) is 5.55. The standard InChI is InChI=1S/C20H28N6O/c1-16-12-18-15-25(10-11-26(18)23-16)20(27)22-14-19(17-6-5-7-21-13-17)24-8-3-2-4-9-24/h5-7,12-13,19H,2-4,8-11,14-15H2,1H3,(H,22,27)/t19-/m1/s1. The van der Waals surface area contributed by atoms with E-state index in [0.717, 1.165) is 31.0 Å². The van der Waals surface area contributed by atoms with Gasteiger partial charge in [-0.15, -0.1) is 0 Å². The number of pyridine rings is 1. The Bertz CT molecular complexity index is 768. The maximum atomic E-state index is 12.8. The van der Waals surface area contributed by atoms with Crippen LogP contribution in [0.5, 0.6) is 0 Å². The Morgan fingerprint density at radius 3 is 2.85 bits per heavy atom. The molecule has 7 nitrogen and oxygen atoms in total. The van der Waals surface area contributed by atoms with E-state index in [2.05, 4.69) is 32.4 Å². The minimum atomic E-state index is 0.00556. The fourth-order valence-corrected chi connectivity index (χ4v) is 4.14. The monoisotopic (exact) mass is 368 g/mol. The van der Waals surface area contributed by atoms with Gasteiger partial charge in [0, 0.05) is 25.5 Å². The van der Waals surface area contributed by atoms with Gasteiger partial charge < -0.3 is 10.2 Å². The van der Waals surface area contributed by atoms with Crippen LogP contribution in [0.3, 0.4) is 0 Å². The first-order valence-electron chi connectivity index (χ1n) is 9.91. The first-order chi connectivity index (χ1) is 13.2. The maximum Gasteiger partial charge on any atom is 0.317 e. The van der Waals surface area contributed by atoms with Crippen LogP contribution in [-0.4, -0.2) is 56.8 Å². The third-order valence-corrected chi connectivity index (χ3v) is 5.55. The molecule has 0 saturated carbocycles. The topological polar surface area (TPSA) is 66.3 Å². The Hall–Kier alpha value is -2.41. The average molecular weight is 368 g/mol. The lowest BCUT2D eigenvalue weighted by Gasteiger charge is -2.35. The molecular formula is C20H28N6O. The highest BCUT2D eigenvalue weighted by Gasteiger charge is 2.26. The molecule has 2 aromatic rings. The molecule has 1 saturated heterocycles. The number of nitrogens with zero attached hydrogens (tertiary/aromatic N) is 5. The quantitative estimate of drug-likeness (QED) is 0.900. The summed E-state index contributed by atoms with van der Waals surface area (Å²) in [6.45, 7) is 6.84. The molecule has 0 radical (unpaired) electrons. The number of urea groups is 1. The predicted molar refractivity (Wildman–Crippen MR) is 103 cm³/mol. The first kappa shape index (κ1) is 18.0. The zero-order valence-electron chi connectivity index (χ0n) is 16.0. The number of likely N-dealkylation sites (tertiary alicyclic amines) is 1. The van der Waals surface area contributed by atoms with Crippen molar-refractivity contribution in [3.63, 3.8) is 0 Å². The second-order valence-corrected chi connectivity index (χ2v) is 7.51. The van der Waals surface area contributed by atoms with E-state index in [-0.39, 0.29) is 12.1 Å². The van der Waals surface area contributed by atoms with Crippen molar-refractivity contribution >= 4 is 6.03 Å². The molecule has 2 aliphatic rings. The largest absolute Gasteiger partial charge is 0.336 e. The molecule has 7 heteroatoms. The Morgan fingerprint density at radius 1 is 1.22 bits per heavy atom. The number of amides is 2. The molecule has 0 aliphatic carbocycles. The Balaban J connectivity index is 1.40. The molecule has 0 spiro atoms. The number of carbonyl (C=O) groups is 1. The molecule has 2 aromatic heterocycles. The van der Waals surface area contributed by atoms with E-state index in [4.69, 9.17) is 0 Å². The normalized spacial score (nSPS) is 18.8. The van der Waals surface area contributed by atoms with E-state index >= 15 is 0 Å². The molecule has 1 N–H and O–H groups in total. The van der Waals surface area contributed by atoms with Gasteiger partial charge in [-0.05, 0) is 50.6 Å². The number of rotatable bonds is 4. The second kappa shape index (κ2) is 8.08. The minimum absolute atomic E-state index is 0.00556. The van der Waals surface area contributed by atoms with Crippen molar-refractivity contribution < 1.29 is 4.79 Å². The van der Waals surface area contributed by atoms with Crippen LogP contribution in [0.4, 0.5) is 4.79 Å². The molecular weight excluding hydrogens is 340 g/mol. The number of piperidine rings is 1. The SMILES string of the molecule is Cc1cc2n(n1)CCN(C(=O)NC[C@H](c1cccnc1)N1CCCCC1)C2. The molecule has 2 amide bonds. The van der Waals surface area contributed by atoms with Crippen LogP contribution >= 0.6 is 0 Å². The van der Waals surface area contributed by atoms with Crippen molar-refractivity contribution in [2.24, 2.45) is 0 Å². The highest BCUT2D eigenvalue weighted by atomic mass is 16.2. The molecule has 2 aliphatic heterocycles. The van der Waals surface area contributed by atoms with E-state index in [1.54, 1.807) is 6.20 Å². The summed E-state index contributed by atoms with van der Waals surface area (Å²) in [5, 5.41) is 7.64. The van der Waals surface area contributed by atoms with Crippen molar-refractivity contribution in [1.29, 1.82) is 0 Å². The molecule has 4 rings (SSSR count). The van der Waals surface area contributed by atoms with Gasteiger partial charge in [0.05, 0.1) is 30.5 Å². The van der Waals surface area contributed by atoms with Crippen molar-refractivity contribution in [3.05, 3.63) is 47.5 Å². The summed E-state index contributed by atoms with van der Waals surface area (Å²) in [5.41, 5.74) is 3.29. The average Bonchev–Trinajstić information content (AvgIpc) is 3.09. The van der Waals surface area contributed by atoms with Crippen molar-refractivity contribution in [3.8, 4) is 0 Å². The molecule has 0 aromatic carbocycles. The predicted octanol–water partition coefficient (Wildman–Crippen LogP) is 2.34. The summed E-state index contributed by atoms with van der Waals surface area (Å²) >= 11 is 0. The summed E-state index contributed by atoms with van der Waals surface area (Å²) in [6, 6.07) is 6.33. The van der Waals surface area contributed by atoms with Gasteiger partial charge in [0.15, 0.2) is 0 Å². The summed E-state index contributed by atoms with van der Waals surface area (Å²) in [4.78, 5) is 21.4. The molecule has 1 atom stereocenters. The molecule has 27 heavy (non-hydrogen) atoms. The number of hydrogen-bond donors (Lipinski definition) is 1. The fourth-order valence-electron chi connectivity index (χ4n) is 4.14. The van der Waals surface area contributed by atoms with Gasteiger partial charge in [0.25, 0.3) is 0 Å². The number of aromatic nitrogens is 3. The lowest BCUT2D eigenvalue weighted by Crippen LogP contribution is -2.47. The van der Waals surface area contributed by atoms with E-state index in [9.17, 15) is 4.79 Å². The lowest BCUT2D eigenvalue weighted by molar-refractivity contribution is 0.150. The highest BCUT2D eigenvalue weighted by Crippen LogP contribution is 2.23. The van der Waals surface area contributed by atoms with Crippen molar-refractivity contribution in [2.75, 3.05) is 26.2 Å². The number of hydrogen-bond acceptors (Lipinski definition) is 4. The van der Waals surface area contributed by atoms with Crippen LogP contribution in [0.1, 0.15) is 42.3 Å². The highest BCUT2D eigenvalue weighted by molar-refractivity contribution is 5.74. The zero-order valence-corrected chi connectivity index (χ0v) is 16.0. The van der Waals surface area contributed by atoms with Crippen LogP contribution in [-0.2, 0) is 13.1 Å².